The number of amides is 1. The molecule has 0 bridgehead atoms. The van der Waals surface area contributed by atoms with E-state index in [9.17, 15) is 23.2 Å². The molecule has 0 unspecified atom stereocenters. The number of ether oxygens (including phenoxy) is 1. The number of hydrogen-bond acceptors (Lipinski definition) is 6. The van der Waals surface area contributed by atoms with Crippen molar-refractivity contribution >= 4 is 11.6 Å². The van der Waals surface area contributed by atoms with Gasteiger partial charge >= 0.3 is 6.18 Å². The number of hydrogen-bond donors (Lipinski definition) is 0. The van der Waals surface area contributed by atoms with Gasteiger partial charge in [-0.3, -0.25) is 9.69 Å². The molecule has 0 N–H and O–H groups in total. The van der Waals surface area contributed by atoms with Crippen molar-refractivity contribution in [2.45, 2.75) is 50.9 Å². The number of aryl methyl sites for hydroxylation is 1. The topological polar surface area (TPSA) is 87.3 Å². The molecule has 4 heterocycles. The summed E-state index contributed by atoms with van der Waals surface area (Å²) in [5.74, 6) is 0.365. The summed E-state index contributed by atoms with van der Waals surface area (Å²) in [4.78, 5) is 17.1. The summed E-state index contributed by atoms with van der Waals surface area (Å²) in [5.41, 5.74) is 0.528. The lowest BCUT2D eigenvalue weighted by molar-refractivity contribution is -0.138. The first-order chi connectivity index (χ1) is 19.5. The van der Waals surface area contributed by atoms with Crippen LogP contribution in [0.3, 0.4) is 0 Å². The Labute approximate surface area is 236 Å². The van der Waals surface area contributed by atoms with Gasteiger partial charge in [-0.2, -0.15) is 18.4 Å². The van der Waals surface area contributed by atoms with Gasteiger partial charge in [0.05, 0.1) is 36.8 Å². The second-order valence-corrected chi connectivity index (χ2v) is 11.9. The van der Waals surface area contributed by atoms with E-state index in [1.807, 2.05) is 36.7 Å². The summed E-state index contributed by atoms with van der Waals surface area (Å²) in [7, 11) is 1.88. The Morgan fingerprint density at radius 2 is 1.90 bits per heavy atom. The zero-order chi connectivity index (χ0) is 29.0. The molecule has 8 nitrogen and oxygen atoms in total. The van der Waals surface area contributed by atoms with Gasteiger partial charge in [0.15, 0.2) is 0 Å². The van der Waals surface area contributed by atoms with E-state index in [0.717, 1.165) is 11.4 Å². The molecule has 0 aliphatic carbocycles. The number of likely N-dealkylation sites (tertiary alicyclic amines) is 1. The molecule has 2 saturated heterocycles. The van der Waals surface area contributed by atoms with E-state index in [4.69, 9.17) is 4.74 Å². The maximum absolute atomic E-state index is 14.3. The molecule has 0 radical (unpaired) electrons. The van der Waals surface area contributed by atoms with Gasteiger partial charge in [0, 0.05) is 36.7 Å². The van der Waals surface area contributed by atoms with Crippen LogP contribution >= 0.6 is 0 Å². The fourth-order valence-electron chi connectivity index (χ4n) is 6.09. The van der Waals surface area contributed by atoms with Crippen molar-refractivity contribution in [2.24, 2.45) is 12.5 Å². The van der Waals surface area contributed by atoms with E-state index in [1.54, 1.807) is 18.5 Å². The van der Waals surface area contributed by atoms with Gasteiger partial charge in [0.2, 0.25) is 0 Å². The molecule has 2 fully saturated rings. The lowest BCUT2D eigenvalue weighted by Gasteiger charge is -2.42. The van der Waals surface area contributed by atoms with Crippen LogP contribution in [0.15, 0.2) is 42.7 Å². The van der Waals surface area contributed by atoms with Crippen LogP contribution in [0.5, 0.6) is 0 Å². The zero-order valence-electron chi connectivity index (χ0n) is 23.0. The molecular formula is C30H31F3N6O2. The first-order valence-electron chi connectivity index (χ1n) is 13.7. The first-order valence-corrected chi connectivity index (χ1v) is 13.7. The zero-order valence-corrected chi connectivity index (χ0v) is 23.0. The number of nitrogens with zero attached hydrogens (tertiary/aromatic N) is 6. The number of benzene rings is 2. The van der Waals surface area contributed by atoms with Crippen LogP contribution in [-0.2, 0) is 42.9 Å². The average Bonchev–Trinajstić information content (AvgIpc) is 3.49. The average molecular weight is 565 g/mol. The van der Waals surface area contributed by atoms with Gasteiger partial charge in [0.25, 0.3) is 5.91 Å². The fourth-order valence-corrected chi connectivity index (χ4v) is 6.09. The van der Waals surface area contributed by atoms with Crippen LogP contribution in [0.4, 0.5) is 18.9 Å². The number of halogens is 3. The van der Waals surface area contributed by atoms with Crippen molar-refractivity contribution in [3.05, 3.63) is 76.4 Å². The highest BCUT2D eigenvalue weighted by molar-refractivity contribution is 6.10. The molecule has 0 atom stereocenters. The van der Waals surface area contributed by atoms with Crippen molar-refractivity contribution in [1.82, 2.24) is 19.7 Å². The van der Waals surface area contributed by atoms with E-state index < -0.39 is 23.1 Å². The van der Waals surface area contributed by atoms with Gasteiger partial charge in [-0.1, -0.05) is 12.1 Å². The molecule has 3 aliphatic heterocycles. The number of rotatable bonds is 6. The summed E-state index contributed by atoms with van der Waals surface area (Å²) < 4.78 is 50.3. The third-order valence-electron chi connectivity index (χ3n) is 8.87. The third-order valence-corrected chi connectivity index (χ3v) is 8.87. The quantitative estimate of drug-likeness (QED) is 0.434. The Bertz CT molecular complexity index is 1530. The lowest BCUT2D eigenvalue weighted by Crippen LogP contribution is -2.49. The van der Waals surface area contributed by atoms with Crippen LogP contribution in [0.2, 0.25) is 0 Å². The summed E-state index contributed by atoms with van der Waals surface area (Å²) >= 11 is 0. The molecular weight excluding hydrogens is 533 g/mol. The molecule has 6 rings (SSSR count). The van der Waals surface area contributed by atoms with Gasteiger partial charge in [-0.05, 0) is 73.8 Å². The first kappa shape index (κ1) is 27.4. The molecule has 3 aromatic rings. The molecule has 1 aromatic heterocycles. The predicted molar refractivity (Wildman–Crippen MR) is 144 cm³/mol. The van der Waals surface area contributed by atoms with Crippen LogP contribution in [-0.4, -0.2) is 51.9 Å². The number of carbonyl (C=O) groups is 1. The second kappa shape index (κ2) is 9.96. The molecule has 11 heteroatoms. The maximum atomic E-state index is 14.3. The molecule has 214 valence electrons. The van der Waals surface area contributed by atoms with Crippen LogP contribution in [0.25, 0.3) is 0 Å². The number of carbonyl (C=O) groups excluding carboxylic acids is 1. The molecule has 0 saturated carbocycles. The Morgan fingerprint density at radius 1 is 1.15 bits per heavy atom. The number of alkyl halides is 3. The summed E-state index contributed by atoms with van der Waals surface area (Å²) in [5, 5.41) is 17.6. The van der Waals surface area contributed by atoms with Crippen molar-refractivity contribution in [2.75, 3.05) is 31.2 Å². The van der Waals surface area contributed by atoms with E-state index in [1.165, 1.54) is 11.0 Å². The molecule has 3 aliphatic rings. The predicted octanol–water partition coefficient (Wildman–Crippen LogP) is 4.63. The van der Waals surface area contributed by atoms with E-state index in [-0.39, 0.29) is 23.1 Å². The summed E-state index contributed by atoms with van der Waals surface area (Å²) in [6, 6.07) is 12.6. The van der Waals surface area contributed by atoms with Crippen LogP contribution in [0, 0.1) is 16.7 Å². The molecule has 0 spiro atoms. The van der Waals surface area contributed by atoms with Crippen molar-refractivity contribution in [3.63, 3.8) is 0 Å². The monoisotopic (exact) mass is 564 g/mol. The van der Waals surface area contributed by atoms with Crippen molar-refractivity contribution in [1.29, 1.82) is 5.26 Å². The summed E-state index contributed by atoms with van der Waals surface area (Å²) in [6.45, 7) is 4.25. The Balaban J connectivity index is 1.28. The van der Waals surface area contributed by atoms with Crippen molar-refractivity contribution < 1.29 is 22.7 Å². The third kappa shape index (κ3) is 5.00. The number of fused-ring (bicyclic) bond motifs is 1. The Hall–Kier alpha value is -3.75. The fraction of sp³-hybridized carbons (Fsp3) is 0.467. The number of aromatic nitrogens is 3. The van der Waals surface area contributed by atoms with Crippen LogP contribution < -0.4 is 4.90 Å². The minimum absolute atomic E-state index is 0.00753. The highest BCUT2D eigenvalue weighted by atomic mass is 19.4. The van der Waals surface area contributed by atoms with E-state index in [0.29, 0.717) is 63.4 Å². The van der Waals surface area contributed by atoms with E-state index in [2.05, 4.69) is 21.2 Å². The summed E-state index contributed by atoms with van der Waals surface area (Å²) in [6.07, 6.45) is -1.05. The number of anilines is 1. The number of nitriles is 1. The largest absolute Gasteiger partial charge is 0.416 e. The van der Waals surface area contributed by atoms with Gasteiger partial charge in [-0.15, -0.1) is 10.2 Å². The highest BCUT2D eigenvalue weighted by Crippen LogP contribution is 2.42. The minimum atomic E-state index is -4.59. The van der Waals surface area contributed by atoms with Gasteiger partial charge in [0.1, 0.15) is 12.2 Å². The van der Waals surface area contributed by atoms with Gasteiger partial charge in [-0.25, -0.2) is 0 Å². The standard InChI is InChI=1S/C30H31F3N6O2/c1-28(16-34)6-8-38(9-7-28)14-20-10-23-24(25(11-20)30(31,32)33)15-39(27(23)40)22-5-3-4-21(12-22)29(17-41-18-29)13-26-36-35-19-37(26)2/h3-5,10-12,19H,6-9,13-15,17-18H2,1-2H3. The van der Waals surface area contributed by atoms with Gasteiger partial charge < -0.3 is 14.2 Å². The van der Waals surface area contributed by atoms with Crippen LogP contribution in [0.1, 0.15) is 58.2 Å². The lowest BCUT2D eigenvalue weighted by atomic mass is 9.75. The SMILES string of the molecule is Cn1cnnc1CC1(c2cccc(N3Cc4c(cc(CN5CCC(C)(C#N)CC5)cc4C(F)(F)F)C3=O)c2)COC1. The molecule has 2 aromatic carbocycles. The Kier molecular flexibility index (Phi) is 6.66. The smallest absolute Gasteiger partial charge is 0.379 e. The minimum Gasteiger partial charge on any atom is -0.379 e. The number of piperidine rings is 1. The normalized spacial score (nSPS) is 20.0. The molecule has 41 heavy (non-hydrogen) atoms. The van der Waals surface area contributed by atoms with Crippen molar-refractivity contribution in [3.8, 4) is 6.07 Å². The maximum Gasteiger partial charge on any atom is 0.416 e. The molecule has 1 amide bonds. The highest BCUT2D eigenvalue weighted by Gasteiger charge is 2.44. The second-order valence-electron chi connectivity index (χ2n) is 11.9. The Morgan fingerprint density at radius 3 is 2.51 bits per heavy atom. The van der Waals surface area contributed by atoms with E-state index >= 15 is 0 Å².